The van der Waals surface area contributed by atoms with Gasteiger partial charge in [0.1, 0.15) is 0 Å². The van der Waals surface area contributed by atoms with Gasteiger partial charge < -0.3 is 14.2 Å². The number of esters is 1. The van der Waals surface area contributed by atoms with Gasteiger partial charge in [-0.3, -0.25) is 9.88 Å². The number of ether oxygens (including phenoxy) is 3. The van der Waals surface area contributed by atoms with Crippen LogP contribution in [0.1, 0.15) is 27.2 Å². The highest BCUT2D eigenvalue weighted by Gasteiger charge is 2.21. The highest BCUT2D eigenvalue weighted by molar-refractivity contribution is 5.98. The van der Waals surface area contributed by atoms with E-state index in [0.29, 0.717) is 35.8 Å². The van der Waals surface area contributed by atoms with Crippen molar-refractivity contribution in [1.82, 2.24) is 9.88 Å². The van der Waals surface area contributed by atoms with Crippen LogP contribution in [0.25, 0.3) is 10.9 Å². The molecule has 0 fully saturated rings. The molecule has 0 aliphatic rings. The Bertz CT molecular complexity index is 1030. The molecule has 0 saturated carbocycles. The molecule has 0 aliphatic carbocycles. The van der Waals surface area contributed by atoms with Crippen molar-refractivity contribution < 1.29 is 19.0 Å². The molecule has 0 aliphatic heterocycles. The first-order valence-electron chi connectivity index (χ1n) is 9.35. The molecular formula is C23H26N2O4. The summed E-state index contributed by atoms with van der Waals surface area (Å²) in [5.41, 5.74) is 3.95. The van der Waals surface area contributed by atoms with Crippen molar-refractivity contribution in [3.8, 4) is 11.5 Å². The summed E-state index contributed by atoms with van der Waals surface area (Å²) in [6.07, 6.45) is 0. The topological polar surface area (TPSA) is 60.9 Å². The van der Waals surface area contributed by atoms with E-state index in [4.69, 9.17) is 19.2 Å². The molecule has 0 N–H and O–H groups in total. The lowest BCUT2D eigenvalue weighted by molar-refractivity contribution is 0.0597. The summed E-state index contributed by atoms with van der Waals surface area (Å²) in [4.78, 5) is 19.4. The molecular weight excluding hydrogens is 368 g/mol. The van der Waals surface area contributed by atoms with Gasteiger partial charge in [0.25, 0.3) is 0 Å². The van der Waals surface area contributed by atoms with E-state index >= 15 is 0 Å². The fourth-order valence-electron chi connectivity index (χ4n) is 3.61. The second-order valence-corrected chi connectivity index (χ2v) is 6.89. The molecule has 2 aromatic carbocycles. The van der Waals surface area contributed by atoms with Crippen molar-refractivity contribution >= 4 is 16.9 Å². The van der Waals surface area contributed by atoms with Gasteiger partial charge in [0, 0.05) is 24.0 Å². The zero-order valence-corrected chi connectivity index (χ0v) is 17.5. The number of carbonyl (C=O) groups is 1. The van der Waals surface area contributed by atoms with E-state index in [2.05, 4.69) is 4.90 Å². The van der Waals surface area contributed by atoms with Crippen molar-refractivity contribution in [1.29, 1.82) is 0 Å². The zero-order valence-electron chi connectivity index (χ0n) is 17.5. The van der Waals surface area contributed by atoms with Crippen LogP contribution in [0.3, 0.4) is 0 Å². The number of fused-ring (bicyclic) bond motifs is 1. The van der Waals surface area contributed by atoms with Crippen LogP contribution in [0.2, 0.25) is 0 Å². The first-order valence-corrected chi connectivity index (χ1v) is 9.35. The third kappa shape index (κ3) is 4.17. The van der Waals surface area contributed by atoms with E-state index in [-0.39, 0.29) is 5.97 Å². The minimum atomic E-state index is -0.372. The number of nitrogens with zero attached hydrogens (tertiary/aromatic N) is 2. The predicted octanol–water partition coefficient (Wildman–Crippen LogP) is 3.98. The third-order valence-corrected chi connectivity index (χ3v) is 4.96. The van der Waals surface area contributed by atoms with Crippen molar-refractivity contribution in [2.45, 2.75) is 20.0 Å². The van der Waals surface area contributed by atoms with Crippen LogP contribution in [0.4, 0.5) is 0 Å². The van der Waals surface area contributed by atoms with Crippen LogP contribution in [0.5, 0.6) is 11.5 Å². The number of benzene rings is 2. The number of aryl methyl sites for hydroxylation is 1. The van der Waals surface area contributed by atoms with E-state index in [0.717, 1.165) is 22.0 Å². The molecule has 0 unspecified atom stereocenters. The predicted molar refractivity (Wildman–Crippen MR) is 113 cm³/mol. The average Bonchev–Trinajstić information content (AvgIpc) is 2.73. The maximum Gasteiger partial charge on any atom is 0.340 e. The number of para-hydroxylation sites is 2. The maximum atomic E-state index is 12.5. The van der Waals surface area contributed by atoms with E-state index in [9.17, 15) is 4.79 Å². The molecule has 29 heavy (non-hydrogen) atoms. The van der Waals surface area contributed by atoms with Crippen LogP contribution >= 0.6 is 0 Å². The van der Waals surface area contributed by atoms with Crippen molar-refractivity contribution in [3.05, 3.63) is 64.8 Å². The third-order valence-electron chi connectivity index (χ3n) is 4.96. The summed E-state index contributed by atoms with van der Waals surface area (Å²) >= 11 is 0. The molecule has 0 atom stereocenters. The summed E-state index contributed by atoms with van der Waals surface area (Å²) < 4.78 is 16.0. The van der Waals surface area contributed by atoms with E-state index in [1.165, 1.54) is 7.11 Å². The molecule has 152 valence electrons. The molecule has 0 radical (unpaired) electrons. The molecule has 6 nitrogen and oxygen atoms in total. The average molecular weight is 394 g/mol. The van der Waals surface area contributed by atoms with Crippen LogP contribution in [-0.4, -0.2) is 44.2 Å². The molecule has 1 aromatic heterocycles. The molecule has 3 aromatic rings. The lowest BCUT2D eigenvalue weighted by Gasteiger charge is -2.21. The Labute approximate surface area is 171 Å². The van der Waals surface area contributed by atoms with Crippen LogP contribution in [-0.2, 0) is 17.8 Å². The summed E-state index contributed by atoms with van der Waals surface area (Å²) in [7, 11) is 6.62. The molecule has 0 amide bonds. The highest BCUT2D eigenvalue weighted by atomic mass is 16.5. The number of methoxy groups -OCH3 is 3. The molecule has 1 heterocycles. The van der Waals surface area contributed by atoms with Gasteiger partial charge in [0.15, 0.2) is 11.5 Å². The monoisotopic (exact) mass is 394 g/mol. The normalized spacial score (nSPS) is 11.0. The number of pyridine rings is 1. The minimum absolute atomic E-state index is 0.372. The SMILES string of the molecule is COC(=O)c1c(CN(C)Cc2cccc(OC)c2OC)nc2ccccc2c1C. The van der Waals surface area contributed by atoms with Crippen LogP contribution in [0.15, 0.2) is 42.5 Å². The van der Waals surface area contributed by atoms with Crippen LogP contribution < -0.4 is 9.47 Å². The number of aromatic nitrogens is 1. The maximum absolute atomic E-state index is 12.5. The Morgan fingerprint density at radius 2 is 1.76 bits per heavy atom. The Morgan fingerprint density at radius 1 is 1.00 bits per heavy atom. The standard InChI is InChI=1S/C23H26N2O4/c1-15-17-10-6-7-11-18(17)24-19(21(15)23(26)29-5)14-25(2)13-16-9-8-12-20(27-3)22(16)28-4/h6-12H,13-14H2,1-5H3. The van der Waals surface area contributed by atoms with Gasteiger partial charge >= 0.3 is 5.97 Å². The summed E-state index contributed by atoms with van der Waals surface area (Å²) in [5.74, 6) is 1.02. The Kier molecular flexibility index (Phi) is 6.34. The summed E-state index contributed by atoms with van der Waals surface area (Å²) in [5, 5.41) is 0.953. The largest absolute Gasteiger partial charge is 0.493 e. The van der Waals surface area contributed by atoms with Crippen LogP contribution in [0, 0.1) is 6.92 Å². The summed E-state index contributed by atoms with van der Waals surface area (Å²) in [6.45, 7) is 3.02. The summed E-state index contributed by atoms with van der Waals surface area (Å²) in [6, 6.07) is 13.6. The quantitative estimate of drug-likeness (QED) is 0.565. The van der Waals surface area contributed by atoms with Gasteiger partial charge in [-0.15, -0.1) is 0 Å². The second kappa shape index (κ2) is 8.92. The van der Waals surface area contributed by atoms with Gasteiger partial charge in [0.2, 0.25) is 0 Å². The number of hydrogen-bond donors (Lipinski definition) is 0. The highest BCUT2D eigenvalue weighted by Crippen LogP contribution is 2.32. The molecule has 6 heteroatoms. The molecule has 0 bridgehead atoms. The number of carbonyl (C=O) groups excluding carboxylic acids is 1. The van der Waals surface area contributed by atoms with Crippen molar-refractivity contribution in [3.63, 3.8) is 0 Å². The number of hydrogen-bond acceptors (Lipinski definition) is 6. The fraction of sp³-hybridized carbons (Fsp3) is 0.304. The Balaban J connectivity index is 1.96. The van der Waals surface area contributed by atoms with Gasteiger partial charge in [-0.2, -0.15) is 0 Å². The van der Waals surface area contributed by atoms with E-state index in [1.54, 1.807) is 14.2 Å². The lowest BCUT2D eigenvalue weighted by atomic mass is 10.0. The van der Waals surface area contributed by atoms with Gasteiger partial charge in [-0.1, -0.05) is 30.3 Å². The molecule has 0 saturated heterocycles. The zero-order chi connectivity index (χ0) is 21.0. The Morgan fingerprint density at radius 3 is 2.45 bits per heavy atom. The van der Waals surface area contributed by atoms with E-state index in [1.807, 2.05) is 56.4 Å². The first kappa shape index (κ1) is 20.6. The minimum Gasteiger partial charge on any atom is -0.493 e. The van der Waals surface area contributed by atoms with Crippen molar-refractivity contribution in [2.24, 2.45) is 0 Å². The molecule has 3 rings (SSSR count). The van der Waals surface area contributed by atoms with E-state index < -0.39 is 0 Å². The second-order valence-electron chi connectivity index (χ2n) is 6.89. The Hall–Kier alpha value is -3.12. The number of rotatable bonds is 7. The fourth-order valence-corrected chi connectivity index (χ4v) is 3.61. The van der Waals surface area contributed by atoms with Gasteiger partial charge in [-0.25, -0.2) is 4.79 Å². The molecule has 0 spiro atoms. The first-order chi connectivity index (χ1) is 14.0. The van der Waals surface area contributed by atoms with Gasteiger partial charge in [-0.05, 0) is 31.7 Å². The smallest absolute Gasteiger partial charge is 0.340 e. The van der Waals surface area contributed by atoms with Crippen molar-refractivity contribution in [2.75, 3.05) is 28.4 Å². The lowest BCUT2D eigenvalue weighted by Crippen LogP contribution is -2.22. The van der Waals surface area contributed by atoms with Gasteiger partial charge in [0.05, 0.1) is 38.1 Å².